The molecule has 0 aliphatic heterocycles. The van der Waals surface area contributed by atoms with E-state index in [1.807, 2.05) is 64.1 Å². The summed E-state index contributed by atoms with van der Waals surface area (Å²) in [6.07, 6.45) is 0. The van der Waals surface area contributed by atoms with Crippen LogP contribution in [-0.4, -0.2) is 28.3 Å². The molecule has 3 N–H and O–H groups in total. The third-order valence-corrected chi connectivity index (χ3v) is 5.59. The Balaban J connectivity index is 1.74. The first kappa shape index (κ1) is 24.0. The minimum atomic E-state index is -0.433. The van der Waals surface area contributed by atoms with Crippen LogP contribution in [0.25, 0.3) is 5.69 Å². The van der Waals surface area contributed by atoms with Gasteiger partial charge in [-0.15, -0.1) is 0 Å². The van der Waals surface area contributed by atoms with Gasteiger partial charge in [-0.3, -0.25) is 4.79 Å². The standard InChI is InChI=1S/C26H33N5O2/c1-16-11-12-21(18(3)13-16)31-23(14-22(30-31)26(5,6)7)29-24(32)15-27-25(33)28-20-10-8-9-17(2)19(20)4/h8-14H,15H2,1-7H3,(H,29,32)(H2,27,28,33). The molecule has 0 fully saturated rings. The maximum atomic E-state index is 12.7. The molecule has 0 bridgehead atoms. The van der Waals surface area contributed by atoms with Crippen molar-refractivity contribution in [2.45, 2.75) is 53.9 Å². The first-order valence-electron chi connectivity index (χ1n) is 11.0. The van der Waals surface area contributed by atoms with Gasteiger partial charge in [0.25, 0.3) is 0 Å². The summed E-state index contributed by atoms with van der Waals surface area (Å²) in [5.41, 5.74) is 6.57. The van der Waals surface area contributed by atoms with Crippen LogP contribution in [0, 0.1) is 27.7 Å². The van der Waals surface area contributed by atoms with Crippen molar-refractivity contribution in [1.82, 2.24) is 15.1 Å². The number of carbonyl (C=O) groups is 2. The van der Waals surface area contributed by atoms with Crippen molar-refractivity contribution in [3.63, 3.8) is 0 Å². The van der Waals surface area contributed by atoms with Gasteiger partial charge in [0.2, 0.25) is 5.91 Å². The fraction of sp³-hybridized carbons (Fsp3) is 0.346. The first-order valence-corrected chi connectivity index (χ1v) is 11.0. The van der Waals surface area contributed by atoms with E-state index in [1.165, 1.54) is 0 Å². The summed E-state index contributed by atoms with van der Waals surface area (Å²) in [6.45, 7) is 14.0. The van der Waals surface area contributed by atoms with Crippen molar-refractivity contribution in [1.29, 1.82) is 0 Å². The number of nitrogens with zero attached hydrogens (tertiary/aromatic N) is 2. The number of benzene rings is 2. The Morgan fingerprint density at radius 2 is 1.67 bits per heavy atom. The Kier molecular flexibility index (Phi) is 6.91. The molecule has 0 radical (unpaired) electrons. The van der Waals surface area contributed by atoms with Gasteiger partial charge in [0.05, 0.1) is 17.9 Å². The molecule has 174 valence electrons. The molecule has 1 aromatic heterocycles. The molecule has 3 amide bonds. The van der Waals surface area contributed by atoms with E-state index in [2.05, 4.69) is 42.8 Å². The number of hydrogen-bond acceptors (Lipinski definition) is 3. The minimum absolute atomic E-state index is 0.167. The molecule has 3 aromatic rings. The Bertz CT molecular complexity index is 1190. The van der Waals surface area contributed by atoms with Crippen molar-refractivity contribution in [2.75, 3.05) is 17.2 Å². The van der Waals surface area contributed by atoms with Gasteiger partial charge in [-0.25, -0.2) is 9.48 Å². The Morgan fingerprint density at radius 1 is 0.939 bits per heavy atom. The molecule has 2 aromatic carbocycles. The van der Waals surface area contributed by atoms with Crippen LogP contribution in [0.4, 0.5) is 16.3 Å². The highest BCUT2D eigenvalue weighted by atomic mass is 16.2. The molecule has 3 rings (SSSR count). The number of aryl methyl sites for hydroxylation is 3. The number of anilines is 2. The predicted molar refractivity (Wildman–Crippen MR) is 133 cm³/mol. The number of hydrogen-bond donors (Lipinski definition) is 3. The van der Waals surface area contributed by atoms with Crippen LogP contribution in [-0.2, 0) is 10.2 Å². The maximum Gasteiger partial charge on any atom is 0.319 e. The van der Waals surface area contributed by atoms with Crippen molar-refractivity contribution in [2.24, 2.45) is 0 Å². The van der Waals surface area contributed by atoms with Gasteiger partial charge >= 0.3 is 6.03 Å². The molecule has 7 nitrogen and oxygen atoms in total. The molecular weight excluding hydrogens is 414 g/mol. The zero-order valence-electron chi connectivity index (χ0n) is 20.5. The lowest BCUT2D eigenvalue weighted by molar-refractivity contribution is -0.115. The van der Waals surface area contributed by atoms with E-state index in [4.69, 9.17) is 5.10 Å². The van der Waals surface area contributed by atoms with Crippen molar-refractivity contribution >= 4 is 23.4 Å². The number of aromatic nitrogens is 2. The monoisotopic (exact) mass is 447 g/mol. The molecule has 0 spiro atoms. The second-order valence-electron chi connectivity index (χ2n) is 9.47. The van der Waals surface area contributed by atoms with E-state index < -0.39 is 6.03 Å². The molecule has 0 unspecified atom stereocenters. The number of rotatable bonds is 5. The molecule has 0 aliphatic rings. The van der Waals surface area contributed by atoms with Crippen molar-refractivity contribution in [3.05, 3.63) is 70.4 Å². The van der Waals surface area contributed by atoms with Gasteiger partial charge in [0.1, 0.15) is 5.82 Å². The van der Waals surface area contributed by atoms with Gasteiger partial charge in [-0.2, -0.15) is 5.10 Å². The lowest BCUT2D eigenvalue weighted by Gasteiger charge is -2.14. The lowest BCUT2D eigenvalue weighted by Crippen LogP contribution is -2.36. The fourth-order valence-corrected chi connectivity index (χ4v) is 3.46. The Labute approximate surface area is 195 Å². The molecule has 33 heavy (non-hydrogen) atoms. The lowest BCUT2D eigenvalue weighted by atomic mass is 9.92. The molecule has 7 heteroatoms. The van der Waals surface area contributed by atoms with E-state index in [0.29, 0.717) is 5.82 Å². The van der Waals surface area contributed by atoms with Crippen LogP contribution in [0.15, 0.2) is 42.5 Å². The van der Waals surface area contributed by atoms with Crippen LogP contribution in [0.2, 0.25) is 0 Å². The summed E-state index contributed by atoms with van der Waals surface area (Å²) >= 11 is 0. The van der Waals surface area contributed by atoms with Crippen LogP contribution < -0.4 is 16.0 Å². The topological polar surface area (TPSA) is 88.1 Å². The van der Waals surface area contributed by atoms with Gasteiger partial charge in [-0.1, -0.05) is 50.6 Å². The smallest absolute Gasteiger partial charge is 0.319 e. The second-order valence-corrected chi connectivity index (χ2v) is 9.47. The van der Waals surface area contributed by atoms with E-state index in [9.17, 15) is 9.59 Å². The summed E-state index contributed by atoms with van der Waals surface area (Å²) in [7, 11) is 0. The summed E-state index contributed by atoms with van der Waals surface area (Å²) in [5, 5.41) is 13.1. The van der Waals surface area contributed by atoms with E-state index in [1.54, 1.807) is 4.68 Å². The highest BCUT2D eigenvalue weighted by Gasteiger charge is 2.22. The van der Waals surface area contributed by atoms with E-state index in [-0.39, 0.29) is 17.9 Å². The Hall–Kier alpha value is -3.61. The van der Waals surface area contributed by atoms with Crippen LogP contribution in [0.3, 0.4) is 0 Å². The molecule has 1 heterocycles. The summed E-state index contributed by atoms with van der Waals surface area (Å²) in [4.78, 5) is 25.0. The maximum absolute atomic E-state index is 12.7. The minimum Gasteiger partial charge on any atom is -0.329 e. The highest BCUT2D eigenvalue weighted by Crippen LogP contribution is 2.27. The van der Waals surface area contributed by atoms with Gasteiger partial charge < -0.3 is 16.0 Å². The van der Waals surface area contributed by atoms with Gasteiger partial charge in [0.15, 0.2) is 0 Å². The van der Waals surface area contributed by atoms with E-state index >= 15 is 0 Å². The summed E-state index contributed by atoms with van der Waals surface area (Å²) < 4.78 is 1.75. The molecule has 0 aliphatic carbocycles. The molecular formula is C26H33N5O2. The van der Waals surface area contributed by atoms with Gasteiger partial charge in [-0.05, 0) is 56.5 Å². The highest BCUT2D eigenvalue weighted by molar-refractivity contribution is 5.97. The van der Waals surface area contributed by atoms with Crippen LogP contribution in [0.5, 0.6) is 0 Å². The second kappa shape index (κ2) is 9.48. The average molecular weight is 448 g/mol. The number of nitrogens with one attached hydrogen (secondary N) is 3. The largest absolute Gasteiger partial charge is 0.329 e. The third kappa shape index (κ3) is 5.80. The number of carbonyl (C=O) groups excluding carboxylic acids is 2. The molecule has 0 saturated carbocycles. The zero-order chi connectivity index (χ0) is 24.3. The van der Waals surface area contributed by atoms with Crippen molar-refractivity contribution in [3.8, 4) is 5.69 Å². The molecule has 0 atom stereocenters. The zero-order valence-corrected chi connectivity index (χ0v) is 20.5. The summed E-state index contributed by atoms with van der Waals surface area (Å²) in [5.74, 6) is 0.228. The first-order chi connectivity index (χ1) is 15.5. The fourth-order valence-electron chi connectivity index (χ4n) is 3.46. The molecule has 0 saturated heterocycles. The van der Waals surface area contributed by atoms with E-state index in [0.717, 1.165) is 39.3 Å². The van der Waals surface area contributed by atoms with Crippen LogP contribution in [0.1, 0.15) is 48.7 Å². The van der Waals surface area contributed by atoms with Crippen LogP contribution >= 0.6 is 0 Å². The Morgan fingerprint density at radius 3 is 2.33 bits per heavy atom. The summed E-state index contributed by atoms with van der Waals surface area (Å²) in [6, 6.07) is 13.2. The number of amides is 3. The normalized spacial score (nSPS) is 11.2. The SMILES string of the molecule is Cc1ccc(-n2nc(C(C)(C)C)cc2NC(=O)CNC(=O)Nc2cccc(C)c2C)c(C)c1. The van der Waals surface area contributed by atoms with Gasteiger partial charge in [0, 0.05) is 17.2 Å². The third-order valence-electron chi connectivity index (χ3n) is 5.59. The van der Waals surface area contributed by atoms with Crippen molar-refractivity contribution < 1.29 is 9.59 Å². The predicted octanol–water partition coefficient (Wildman–Crippen LogP) is 5.16. The number of urea groups is 1. The quantitative estimate of drug-likeness (QED) is 0.505. The average Bonchev–Trinajstić information content (AvgIpc) is 3.14.